The van der Waals surface area contributed by atoms with Crippen LogP contribution in [-0.2, 0) is 0 Å². The first-order valence-corrected chi connectivity index (χ1v) is 7.00. The monoisotopic (exact) mass is 313 g/mol. The smallest absolute Gasteiger partial charge is 0.338 e. The number of nitro groups is 1. The number of carboxylic acids is 1. The Labute approximate surface area is 126 Å². The number of anilines is 1. The highest BCUT2D eigenvalue weighted by atomic mass is 35.5. The number of piperazine rings is 1. The third-order valence-corrected chi connectivity index (χ3v) is 3.91. The number of nitro benzene ring substituents is 1. The Bertz CT molecular complexity index is 571. The molecule has 0 aliphatic carbocycles. The van der Waals surface area contributed by atoms with E-state index in [4.69, 9.17) is 11.6 Å². The van der Waals surface area contributed by atoms with Crippen molar-refractivity contribution in [2.45, 2.75) is 6.92 Å². The molecule has 1 N–H and O–H groups in total. The maximum atomic E-state index is 11.4. The molecule has 0 atom stereocenters. The van der Waals surface area contributed by atoms with Crippen LogP contribution in [0.1, 0.15) is 17.3 Å². The first kappa shape index (κ1) is 15.5. The van der Waals surface area contributed by atoms with Crippen molar-refractivity contribution >= 4 is 28.9 Å². The quantitative estimate of drug-likeness (QED) is 0.676. The maximum Gasteiger partial charge on any atom is 0.338 e. The fraction of sp³-hybridized carbons (Fsp3) is 0.462. The normalized spacial score (nSPS) is 16.0. The van der Waals surface area contributed by atoms with Gasteiger partial charge in [0.15, 0.2) is 0 Å². The van der Waals surface area contributed by atoms with E-state index in [2.05, 4.69) is 11.8 Å². The zero-order valence-electron chi connectivity index (χ0n) is 11.6. The number of hydrogen-bond donors (Lipinski definition) is 1. The van der Waals surface area contributed by atoms with Gasteiger partial charge in [-0.3, -0.25) is 10.1 Å². The van der Waals surface area contributed by atoms with Crippen molar-refractivity contribution in [2.24, 2.45) is 0 Å². The van der Waals surface area contributed by atoms with Crippen LogP contribution in [0.3, 0.4) is 0 Å². The lowest BCUT2D eigenvalue weighted by atomic mass is 10.1. The number of nitrogens with zero attached hydrogens (tertiary/aromatic N) is 3. The molecule has 0 spiro atoms. The Hall–Kier alpha value is -1.86. The summed E-state index contributed by atoms with van der Waals surface area (Å²) in [6.07, 6.45) is 0. The highest BCUT2D eigenvalue weighted by molar-refractivity contribution is 6.34. The number of carboxylic acid groups (broad SMARTS) is 1. The van der Waals surface area contributed by atoms with Crippen molar-refractivity contribution in [3.05, 3.63) is 32.8 Å². The van der Waals surface area contributed by atoms with Crippen LogP contribution >= 0.6 is 11.6 Å². The van der Waals surface area contributed by atoms with Crippen LogP contribution in [0.5, 0.6) is 0 Å². The van der Waals surface area contributed by atoms with Gasteiger partial charge in [-0.15, -0.1) is 0 Å². The van der Waals surface area contributed by atoms with Crippen LogP contribution in [0.4, 0.5) is 11.4 Å². The van der Waals surface area contributed by atoms with Gasteiger partial charge in [-0.05, 0) is 6.54 Å². The Kier molecular flexibility index (Phi) is 4.64. The molecular formula is C13H16ClN3O4. The van der Waals surface area contributed by atoms with Crippen LogP contribution in [-0.4, -0.2) is 53.6 Å². The van der Waals surface area contributed by atoms with Gasteiger partial charge < -0.3 is 14.9 Å². The van der Waals surface area contributed by atoms with Crippen molar-refractivity contribution < 1.29 is 14.8 Å². The molecule has 0 amide bonds. The SMILES string of the molecule is CCN1CCN(c2c(Cl)cc([N+](=O)[O-])cc2C(=O)O)CC1. The van der Waals surface area contributed by atoms with Crippen molar-refractivity contribution in [1.82, 2.24) is 4.90 Å². The summed E-state index contributed by atoms with van der Waals surface area (Å²) in [6.45, 7) is 5.91. The molecule has 0 aromatic heterocycles. The highest BCUT2D eigenvalue weighted by Crippen LogP contribution is 2.34. The molecule has 0 bridgehead atoms. The van der Waals surface area contributed by atoms with Crippen LogP contribution in [0.25, 0.3) is 0 Å². The highest BCUT2D eigenvalue weighted by Gasteiger charge is 2.26. The molecule has 0 unspecified atom stereocenters. The summed E-state index contributed by atoms with van der Waals surface area (Å²) in [4.78, 5) is 25.7. The van der Waals surface area contributed by atoms with E-state index in [1.807, 2.05) is 4.90 Å². The van der Waals surface area contributed by atoms with E-state index in [0.29, 0.717) is 18.8 Å². The van der Waals surface area contributed by atoms with Gasteiger partial charge in [0.1, 0.15) is 0 Å². The molecule has 1 aromatic rings. The minimum atomic E-state index is -1.21. The Morgan fingerprint density at radius 1 is 1.38 bits per heavy atom. The van der Waals surface area contributed by atoms with Crippen LogP contribution in [0.2, 0.25) is 5.02 Å². The van der Waals surface area contributed by atoms with Gasteiger partial charge in [0.25, 0.3) is 5.69 Å². The largest absolute Gasteiger partial charge is 0.478 e. The number of non-ortho nitro benzene ring substituents is 1. The molecule has 0 radical (unpaired) electrons. The first-order valence-electron chi connectivity index (χ1n) is 6.62. The van der Waals surface area contributed by atoms with E-state index in [1.54, 1.807) is 0 Å². The van der Waals surface area contributed by atoms with Crippen LogP contribution in [0.15, 0.2) is 12.1 Å². The van der Waals surface area contributed by atoms with E-state index >= 15 is 0 Å². The molecule has 1 saturated heterocycles. The van der Waals surface area contributed by atoms with Gasteiger partial charge in [-0.2, -0.15) is 0 Å². The number of carbonyl (C=O) groups is 1. The Morgan fingerprint density at radius 3 is 2.48 bits per heavy atom. The molecule has 1 heterocycles. The van der Waals surface area contributed by atoms with Gasteiger partial charge in [0.05, 0.1) is 21.2 Å². The average molecular weight is 314 g/mol. The van der Waals surface area contributed by atoms with Gasteiger partial charge in [-0.25, -0.2) is 4.79 Å². The summed E-state index contributed by atoms with van der Waals surface area (Å²) < 4.78 is 0. The van der Waals surface area contributed by atoms with E-state index in [0.717, 1.165) is 25.7 Å². The fourth-order valence-electron chi connectivity index (χ4n) is 2.46. The van der Waals surface area contributed by atoms with Crippen molar-refractivity contribution in [3.63, 3.8) is 0 Å². The molecule has 21 heavy (non-hydrogen) atoms. The summed E-state index contributed by atoms with van der Waals surface area (Å²) in [7, 11) is 0. The van der Waals surface area contributed by atoms with E-state index in [-0.39, 0.29) is 16.3 Å². The van der Waals surface area contributed by atoms with E-state index in [9.17, 15) is 20.0 Å². The zero-order valence-corrected chi connectivity index (χ0v) is 12.3. The standard InChI is InChI=1S/C13H16ClN3O4/c1-2-15-3-5-16(6-4-15)12-10(13(18)19)7-9(17(20)21)8-11(12)14/h7-8H,2-6H2,1H3,(H,18,19). The molecule has 0 saturated carbocycles. The summed E-state index contributed by atoms with van der Waals surface area (Å²) in [5.74, 6) is -1.21. The molecule has 2 rings (SSSR count). The van der Waals surface area contributed by atoms with Crippen molar-refractivity contribution in [3.8, 4) is 0 Å². The fourth-order valence-corrected chi connectivity index (χ4v) is 2.80. The lowest BCUT2D eigenvalue weighted by molar-refractivity contribution is -0.384. The minimum absolute atomic E-state index is 0.103. The number of aromatic carboxylic acids is 1. The van der Waals surface area contributed by atoms with Gasteiger partial charge in [0.2, 0.25) is 0 Å². The Morgan fingerprint density at radius 2 is 2.00 bits per heavy atom. The average Bonchev–Trinajstić information content (AvgIpc) is 2.46. The summed E-state index contributed by atoms with van der Waals surface area (Å²) >= 11 is 6.10. The van der Waals surface area contributed by atoms with E-state index in [1.165, 1.54) is 6.07 Å². The Balaban J connectivity index is 2.39. The second-order valence-corrected chi connectivity index (χ2v) is 5.21. The second kappa shape index (κ2) is 6.28. The third kappa shape index (κ3) is 3.25. The summed E-state index contributed by atoms with van der Waals surface area (Å²) in [5.41, 5.74) is -0.0713. The molecule has 8 heteroatoms. The number of likely N-dealkylation sites (N-methyl/N-ethyl adjacent to an activating group) is 1. The molecule has 1 aromatic carbocycles. The number of benzene rings is 1. The predicted octanol–water partition coefficient (Wildman–Crippen LogP) is 2.09. The van der Waals surface area contributed by atoms with Gasteiger partial charge in [-0.1, -0.05) is 18.5 Å². The third-order valence-electron chi connectivity index (χ3n) is 3.63. The molecule has 1 aliphatic heterocycles. The van der Waals surface area contributed by atoms with Crippen molar-refractivity contribution in [1.29, 1.82) is 0 Å². The molecule has 7 nitrogen and oxygen atoms in total. The molecule has 1 aliphatic rings. The second-order valence-electron chi connectivity index (χ2n) is 4.81. The van der Waals surface area contributed by atoms with Gasteiger partial charge in [0, 0.05) is 38.3 Å². The lowest BCUT2D eigenvalue weighted by Gasteiger charge is -2.36. The lowest BCUT2D eigenvalue weighted by Crippen LogP contribution is -2.46. The van der Waals surface area contributed by atoms with Crippen LogP contribution in [0, 0.1) is 10.1 Å². The molecule has 114 valence electrons. The first-order chi connectivity index (χ1) is 9.93. The number of rotatable bonds is 4. The summed E-state index contributed by atoms with van der Waals surface area (Å²) in [5, 5.41) is 20.2. The number of halogens is 1. The van der Waals surface area contributed by atoms with Crippen molar-refractivity contribution in [2.75, 3.05) is 37.6 Å². The molecular weight excluding hydrogens is 298 g/mol. The topological polar surface area (TPSA) is 86.9 Å². The van der Waals surface area contributed by atoms with Crippen LogP contribution < -0.4 is 4.90 Å². The van der Waals surface area contributed by atoms with E-state index < -0.39 is 10.9 Å². The predicted molar refractivity (Wildman–Crippen MR) is 79.4 cm³/mol. The summed E-state index contributed by atoms with van der Waals surface area (Å²) in [6, 6.07) is 2.27. The maximum absolute atomic E-state index is 11.4. The van der Waals surface area contributed by atoms with Gasteiger partial charge >= 0.3 is 5.97 Å². The zero-order chi connectivity index (χ0) is 15.6. The number of hydrogen-bond acceptors (Lipinski definition) is 5. The molecule has 1 fully saturated rings. The minimum Gasteiger partial charge on any atom is -0.478 e.